The van der Waals surface area contributed by atoms with Crippen molar-refractivity contribution in [3.05, 3.63) is 28.8 Å². The van der Waals surface area contributed by atoms with Crippen molar-refractivity contribution in [3.8, 4) is 0 Å². The second kappa shape index (κ2) is 6.38. The van der Waals surface area contributed by atoms with Crippen LogP contribution < -0.4 is 5.32 Å². The smallest absolute Gasteiger partial charge is 0.305 e. The van der Waals surface area contributed by atoms with Gasteiger partial charge in [-0.1, -0.05) is 11.6 Å². The summed E-state index contributed by atoms with van der Waals surface area (Å²) in [6.45, 7) is 2.74. The standard InChI is InChI=1S/C12H16ClNO2/c1-9-8-10(13)5-6-11(9)14-7-3-4-12(15)16-2/h5-6,8,14H,3-4,7H2,1-2H3. The predicted octanol–water partition coefficient (Wildman–Crippen LogP) is 3.01. The fourth-order valence-corrected chi connectivity index (χ4v) is 1.61. The van der Waals surface area contributed by atoms with Gasteiger partial charge >= 0.3 is 5.97 Å². The Bertz CT molecular complexity index is 366. The Balaban J connectivity index is 2.35. The summed E-state index contributed by atoms with van der Waals surface area (Å²) in [7, 11) is 1.40. The van der Waals surface area contributed by atoms with E-state index >= 15 is 0 Å². The Morgan fingerprint density at radius 2 is 2.25 bits per heavy atom. The van der Waals surface area contributed by atoms with Crippen LogP contribution in [0.15, 0.2) is 18.2 Å². The van der Waals surface area contributed by atoms with Gasteiger partial charge in [-0.2, -0.15) is 0 Å². The van der Waals surface area contributed by atoms with Crippen LogP contribution in [-0.2, 0) is 9.53 Å². The van der Waals surface area contributed by atoms with Crippen LogP contribution in [0.5, 0.6) is 0 Å². The number of halogens is 1. The summed E-state index contributed by atoms with van der Waals surface area (Å²) in [6.07, 6.45) is 1.20. The molecule has 1 aromatic rings. The number of anilines is 1. The first-order valence-corrected chi connectivity index (χ1v) is 5.58. The molecule has 0 saturated heterocycles. The van der Waals surface area contributed by atoms with Crippen molar-refractivity contribution in [1.29, 1.82) is 0 Å². The van der Waals surface area contributed by atoms with E-state index in [1.165, 1.54) is 7.11 Å². The van der Waals surface area contributed by atoms with Crippen LogP contribution >= 0.6 is 11.6 Å². The van der Waals surface area contributed by atoms with Gasteiger partial charge in [-0.15, -0.1) is 0 Å². The van der Waals surface area contributed by atoms with Crippen LogP contribution in [-0.4, -0.2) is 19.6 Å². The zero-order valence-corrected chi connectivity index (χ0v) is 10.3. The van der Waals surface area contributed by atoms with E-state index in [1.54, 1.807) is 0 Å². The maximum Gasteiger partial charge on any atom is 0.305 e. The highest BCUT2D eigenvalue weighted by atomic mass is 35.5. The molecule has 0 heterocycles. The van der Waals surface area contributed by atoms with Crippen LogP contribution in [0.25, 0.3) is 0 Å². The van der Waals surface area contributed by atoms with Crippen molar-refractivity contribution in [2.45, 2.75) is 19.8 Å². The summed E-state index contributed by atoms with van der Waals surface area (Å²) in [5.74, 6) is -0.172. The molecule has 0 radical (unpaired) electrons. The third kappa shape index (κ3) is 4.11. The molecule has 0 amide bonds. The molecule has 3 nitrogen and oxygen atoms in total. The fourth-order valence-electron chi connectivity index (χ4n) is 1.38. The Hall–Kier alpha value is -1.22. The molecule has 0 aliphatic carbocycles. The second-order valence-electron chi connectivity index (χ2n) is 3.57. The number of aryl methyl sites for hydroxylation is 1. The van der Waals surface area contributed by atoms with Gasteiger partial charge in [0.15, 0.2) is 0 Å². The minimum absolute atomic E-state index is 0.172. The SMILES string of the molecule is COC(=O)CCCNc1ccc(Cl)cc1C. The molecule has 0 bridgehead atoms. The Labute approximate surface area is 101 Å². The van der Waals surface area contributed by atoms with E-state index in [0.29, 0.717) is 6.42 Å². The monoisotopic (exact) mass is 241 g/mol. The van der Waals surface area contributed by atoms with E-state index in [1.807, 2.05) is 25.1 Å². The zero-order valence-electron chi connectivity index (χ0n) is 9.55. The number of benzene rings is 1. The van der Waals surface area contributed by atoms with E-state index in [0.717, 1.165) is 29.2 Å². The number of carbonyl (C=O) groups is 1. The lowest BCUT2D eigenvalue weighted by Gasteiger charge is -2.09. The summed E-state index contributed by atoms with van der Waals surface area (Å²) in [5.41, 5.74) is 2.15. The van der Waals surface area contributed by atoms with Gasteiger partial charge in [-0.25, -0.2) is 0 Å². The van der Waals surface area contributed by atoms with E-state index in [2.05, 4.69) is 10.1 Å². The largest absolute Gasteiger partial charge is 0.469 e. The second-order valence-corrected chi connectivity index (χ2v) is 4.00. The van der Waals surface area contributed by atoms with Crippen LogP contribution in [0.1, 0.15) is 18.4 Å². The minimum Gasteiger partial charge on any atom is -0.469 e. The van der Waals surface area contributed by atoms with Crippen molar-refractivity contribution in [3.63, 3.8) is 0 Å². The number of methoxy groups -OCH3 is 1. The summed E-state index contributed by atoms with van der Waals surface area (Å²) in [5, 5.41) is 3.99. The lowest BCUT2D eigenvalue weighted by atomic mass is 10.2. The summed E-state index contributed by atoms with van der Waals surface area (Å²) in [4.78, 5) is 10.9. The van der Waals surface area contributed by atoms with Crippen LogP contribution in [0, 0.1) is 6.92 Å². The van der Waals surface area contributed by atoms with E-state index in [4.69, 9.17) is 11.6 Å². The fraction of sp³-hybridized carbons (Fsp3) is 0.417. The molecule has 0 spiro atoms. The molecule has 4 heteroatoms. The van der Waals surface area contributed by atoms with E-state index < -0.39 is 0 Å². The molecule has 0 aromatic heterocycles. The predicted molar refractivity (Wildman–Crippen MR) is 65.9 cm³/mol. The van der Waals surface area contributed by atoms with Crippen LogP contribution in [0.3, 0.4) is 0 Å². The summed E-state index contributed by atoms with van der Waals surface area (Å²) >= 11 is 5.85. The lowest BCUT2D eigenvalue weighted by molar-refractivity contribution is -0.140. The molecule has 1 aromatic carbocycles. The van der Waals surface area contributed by atoms with Gasteiger partial charge in [0.2, 0.25) is 0 Å². The number of hydrogen-bond donors (Lipinski definition) is 1. The highest BCUT2D eigenvalue weighted by Gasteiger charge is 2.01. The molecule has 88 valence electrons. The molecule has 16 heavy (non-hydrogen) atoms. The lowest BCUT2D eigenvalue weighted by Crippen LogP contribution is -2.07. The number of hydrogen-bond acceptors (Lipinski definition) is 3. The minimum atomic E-state index is -0.172. The van der Waals surface area contributed by atoms with Crippen molar-refractivity contribution in [2.24, 2.45) is 0 Å². The van der Waals surface area contributed by atoms with Crippen molar-refractivity contribution >= 4 is 23.3 Å². The van der Waals surface area contributed by atoms with Gasteiger partial charge in [0.05, 0.1) is 7.11 Å². The van der Waals surface area contributed by atoms with Gasteiger partial charge in [0.25, 0.3) is 0 Å². The van der Waals surface area contributed by atoms with Gasteiger partial charge in [0, 0.05) is 23.7 Å². The molecule has 0 aliphatic heterocycles. The van der Waals surface area contributed by atoms with Gasteiger partial charge in [0.1, 0.15) is 0 Å². The summed E-state index contributed by atoms with van der Waals surface area (Å²) < 4.78 is 4.56. The quantitative estimate of drug-likeness (QED) is 0.636. The highest BCUT2D eigenvalue weighted by molar-refractivity contribution is 6.30. The topological polar surface area (TPSA) is 38.3 Å². The molecule has 0 unspecified atom stereocenters. The number of rotatable bonds is 5. The van der Waals surface area contributed by atoms with Crippen LogP contribution in [0.4, 0.5) is 5.69 Å². The average molecular weight is 242 g/mol. The van der Waals surface area contributed by atoms with E-state index in [-0.39, 0.29) is 5.97 Å². The molecule has 0 aliphatic rings. The Morgan fingerprint density at radius 3 is 2.88 bits per heavy atom. The third-order valence-corrected chi connectivity index (χ3v) is 2.52. The maximum absolute atomic E-state index is 10.9. The van der Waals surface area contributed by atoms with Gasteiger partial charge in [-0.05, 0) is 37.1 Å². The first-order chi connectivity index (χ1) is 7.63. The van der Waals surface area contributed by atoms with Gasteiger partial charge in [-0.3, -0.25) is 4.79 Å². The van der Waals surface area contributed by atoms with E-state index in [9.17, 15) is 4.79 Å². The molecule has 1 N–H and O–H groups in total. The summed E-state index contributed by atoms with van der Waals surface area (Å²) in [6, 6.07) is 5.69. The zero-order chi connectivity index (χ0) is 12.0. The molecular weight excluding hydrogens is 226 g/mol. The normalized spacial score (nSPS) is 9.94. The molecule has 0 atom stereocenters. The third-order valence-electron chi connectivity index (χ3n) is 2.29. The maximum atomic E-state index is 10.9. The first kappa shape index (κ1) is 12.8. The van der Waals surface area contributed by atoms with Crippen molar-refractivity contribution in [2.75, 3.05) is 19.0 Å². The molecule has 0 saturated carbocycles. The first-order valence-electron chi connectivity index (χ1n) is 5.20. The molecular formula is C12H16ClNO2. The number of carbonyl (C=O) groups excluding carboxylic acids is 1. The van der Waals surface area contributed by atoms with Crippen LogP contribution in [0.2, 0.25) is 5.02 Å². The molecule has 0 fully saturated rings. The van der Waals surface area contributed by atoms with Crippen molar-refractivity contribution in [1.82, 2.24) is 0 Å². The van der Waals surface area contributed by atoms with Gasteiger partial charge < -0.3 is 10.1 Å². The highest BCUT2D eigenvalue weighted by Crippen LogP contribution is 2.19. The Kier molecular flexibility index (Phi) is 5.12. The van der Waals surface area contributed by atoms with Crippen molar-refractivity contribution < 1.29 is 9.53 Å². The average Bonchev–Trinajstić information content (AvgIpc) is 2.26. The number of esters is 1. The Morgan fingerprint density at radius 1 is 1.50 bits per heavy atom. The number of ether oxygens (including phenoxy) is 1. The molecule has 1 rings (SSSR count). The number of nitrogens with one attached hydrogen (secondary N) is 1.